The summed E-state index contributed by atoms with van der Waals surface area (Å²) in [4.78, 5) is 6.21. The lowest BCUT2D eigenvalue weighted by Crippen LogP contribution is -1.94. The first-order valence-corrected chi connectivity index (χ1v) is 4.41. The number of aromatic nitrogens is 2. The number of aromatic amines is 1. The van der Waals surface area contributed by atoms with Crippen molar-refractivity contribution < 1.29 is 18.3 Å². The number of nitrogens with zero attached hydrogens (tertiary/aromatic N) is 1. The van der Waals surface area contributed by atoms with E-state index in [1.165, 1.54) is 6.20 Å². The first kappa shape index (κ1) is 10.7. The van der Waals surface area contributed by atoms with Crippen molar-refractivity contribution in [1.82, 2.24) is 9.97 Å². The molecule has 16 heavy (non-hydrogen) atoms. The topological polar surface area (TPSA) is 48.9 Å². The Morgan fingerprint density at radius 2 is 1.81 bits per heavy atom. The molecule has 0 aliphatic heterocycles. The summed E-state index contributed by atoms with van der Waals surface area (Å²) in [5.41, 5.74) is -0.126. The van der Waals surface area contributed by atoms with Crippen molar-refractivity contribution in [3.63, 3.8) is 0 Å². The molecule has 0 saturated carbocycles. The molecule has 0 atom stereocenters. The first-order valence-electron chi connectivity index (χ1n) is 4.41. The summed E-state index contributed by atoms with van der Waals surface area (Å²) in [6.45, 7) is -0.322. The fourth-order valence-corrected chi connectivity index (χ4v) is 1.33. The summed E-state index contributed by atoms with van der Waals surface area (Å²) < 4.78 is 39.3. The van der Waals surface area contributed by atoms with E-state index in [-0.39, 0.29) is 12.4 Å². The molecule has 0 spiro atoms. The van der Waals surface area contributed by atoms with Gasteiger partial charge in [-0.2, -0.15) is 0 Å². The van der Waals surface area contributed by atoms with Gasteiger partial charge in [-0.3, -0.25) is 0 Å². The van der Waals surface area contributed by atoms with Gasteiger partial charge in [0.2, 0.25) is 0 Å². The maximum atomic E-state index is 13.3. The fraction of sp³-hybridized carbons (Fsp3) is 0.100. The van der Waals surface area contributed by atoms with Crippen molar-refractivity contribution in [3.05, 3.63) is 41.5 Å². The molecule has 1 heterocycles. The molecule has 0 saturated heterocycles. The lowest BCUT2D eigenvalue weighted by atomic mass is 10.2. The molecule has 0 aliphatic carbocycles. The van der Waals surface area contributed by atoms with Crippen LogP contribution in [0.15, 0.2) is 18.3 Å². The lowest BCUT2D eigenvalue weighted by molar-refractivity contribution is 0.277. The SMILES string of the molecule is OCc1cnc(-c2c(F)cc(F)cc2F)[nH]1. The Morgan fingerprint density at radius 1 is 1.19 bits per heavy atom. The first-order chi connectivity index (χ1) is 7.61. The van der Waals surface area contributed by atoms with Crippen molar-refractivity contribution in [3.8, 4) is 11.4 Å². The highest BCUT2D eigenvalue weighted by Gasteiger charge is 2.16. The molecule has 1 aromatic heterocycles. The second-order valence-corrected chi connectivity index (χ2v) is 3.16. The zero-order chi connectivity index (χ0) is 11.7. The van der Waals surface area contributed by atoms with E-state index in [0.29, 0.717) is 17.8 Å². The van der Waals surface area contributed by atoms with Crippen LogP contribution in [0.3, 0.4) is 0 Å². The number of hydrogen-bond acceptors (Lipinski definition) is 2. The van der Waals surface area contributed by atoms with Gasteiger partial charge in [-0.05, 0) is 0 Å². The van der Waals surface area contributed by atoms with Crippen molar-refractivity contribution in [1.29, 1.82) is 0 Å². The van der Waals surface area contributed by atoms with Crippen LogP contribution in [0, 0.1) is 17.5 Å². The van der Waals surface area contributed by atoms with Gasteiger partial charge in [0.25, 0.3) is 0 Å². The molecule has 2 N–H and O–H groups in total. The average molecular weight is 228 g/mol. The van der Waals surface area contributed by atoms with Crippen LogP contribution in [0.5, 0.6) is 0 Å². The van der Waals surface area contributed by atoms with Crippen LogP contribution in [0.2, 0.25) is 0 Å². The summed E-state index contributed by atoms with van der Waals surface area (Å²) in [5.74, 6) is -3.17. The fourth-order valence-electron chi connectivity index (χ4n) is 1.33. The molecule has 2 aromatic rings. The minimum absolute atomic E-state index is 0.0842. The van der Waals surface area contributed by atoms with Gasteiger partial charge < -0.3 is 10.1 Å². The summed E-state index contributed by atoms with van der Waals surface area (Å²) in [6, 6.07) is 1.14. The Morgan fingerprint density at radius 3 is 2.31 bits per heavy atom. The normalized spacial score (nSPS) is 10.8. The maximum Gasteiger partial charge on any atom is 0.143 e. The zero-order valence-corrected chi connectivity index (χ0v) is 7.97. The highest BCUT2D eigenvalue weighted by Crippen LogP contribution is 2.24. The minimum Gasteiger partial charge on any atom is -0.390 e. The van der Waals surface area contributed by atoms with Gasteiger partial charge in [-0.15, -0.1) is 0 Å². The van der Waals surface area contributed by atoms with Crippen LogP contribution in [-0.4, -0.2) is 15.1 Å². The highest BCUT2D eigenvalue weighted by atomic mass is 19.1. The lowest BCUT2D eigenvalue weighted by Gasteiger charge is -2.01. The molecule has 1 aromatic carbocycles. The molecule has 0 bridgehead atoms. The second-order valence-electron chi connectivity index (χ2n) is 3.16. The number of H-pyrrole nitrogens is 1. The standard InChI is InChI=1S/C10H7F3N2O/c11-5-1-7(12)9(8(13)2-5)10-14-3-6(4-16)15-10/h1-3,16H,4H2,(H,14,15). The van der Waals surface area contributed by atoms with Crippen LogP contribution in [0.4, 0.5) is 13.2 Å². The molecule has 0 aliphatic rings. The second kappa shape index (κ2) is 3.97. The highest BCUT2D eigenvalue weighted by molar-refractivity contribution is 5.57. The van der Waals surface area contributed by atoms with E-state index in [1.54, 1.807) is 0 Å². The summed E-state index contributed by atoms with van der Waals surface area (Å²) in [6.07, 6.45) is 1.25. The van der Waals surface area contributed by atoms with Crippen molar-refractivity contribution in [2.45, 2.75) is 6.61 Å². The van der Waals surface area contributed by atoms with E-state index in [9.17, 15) is 13.2 Å². The van der Waals surface area contributed by atoms with Gasteiger partial charge in [-0.1, -0.05) is 0 Å². The monoisotopic (exact) mass is 228 g/mol. The number of halogens is 3. The van der Waals surface area contributed by atoms with E-state index in [0.717, 1.165) is 0 Å². The van der Waals surface area contributed by atoms with Crippen LogP contribution < -0.4 is 0 Å². The maximum absolute atomic E-state index is 13.3. The number of imidazole rings is 1. The summed E-state index contributed by atoms with van der Waals surface area (Å²) >= 11 is 0. The van der Waals surface area contributed by atoms with E-state index >= 15 is 0 Å². The van der Waals surface area contributed by atoms with Gasteiger partial charge in [-0.25, -0.2) is 18.2 Å². The minimum atomic E-state index is -1.05. The number of benzene rings is 1. The molecule has 6 heteroatoms. The Hall–Kier alpha value is -1.82. The van der Waals surface area contributed by atoms with Crippen molar-refractivity contribution >= 4 is 0 Å². The molecule has 2 rings (SSSR count). The van der Waals surface area contributed by atoms with Gasteiger partial charge in [0.1, 0.15) is 23.3 Å². The third kappa shape index (κ3) is 1.79. The average Bonchev–Trinajstić information content (AvgIpc) is 2.64. The largest absolute Gasteiger partial charge is 0.390 e. The molecular formula is C10H7F3N2O. The van der Waals surface area contributed by atoms with E-state index in [2.05, 4.69) is 9.97 Å². The number of aliphatic hydroxyl groups is 1. The quantitative estimate of drug-likeness (QED) is 0.825. The number of nitrogens with one attached hydrogen (secondary N) is 1. The van der Waals surface area contributed by atoms with Crippen molar-refractivity contribution in [2.24, 2.45) is 0 Å². The van der Waals surface area contributed by atoms with Crippen molar-refractivity contribution in [2.75, 3.05) is 0 Å². The number of rotatable bonds is 2. The third-order valence-electron chi connectivity index (χ3n) is 2.04. The predicted molar refractivity (Wildman–Crippen MR) is 49.8 cm³/mol. The van der Waals surface area contributed by atoms with Crippen LogP contribution in [-0.2, 0) is 6.61 Å². The number of hydrogen-bond donors (Lipinski definition) is 2. The summed E-state index contributed by atoms with van der Waals surface area (Å²) in [7, 11) is 0. The predicted octanol–water partition coefficient (Wildman–Crippen LogP) is 1.99. The molecule has 84 valence electrons. The molecule has 0 unspecified atom stereocenters. The van der Waals surface area contributed by atoms with Gasteiger partial charge in [0.15, 0.2) is 0 Å². The molecular weight excluding hydrogens is 221 g/mol. The molecule has 0 radical (unpaired) electrons. The van der Waals surface area contributed by atoms with Gasteiger partial charge in [0.05, 0.1) is 24.1 Å². The zero-order valence-electron chi connectivity index (χ0n) is 7.97. The molecule has 3 nitrogen and oxygen atoms in total. The third-order valence-corrected chi connectivity index (χ3v) is 2.04. The Bertz CT molecular complexity index is 502. The molecule has 0 amide bonds. The number of aliphatic hydroxyl groups excluding tert-OH is 1. The Kier molecular flexibility index (Phi) is 2.66. The van der Waals surface area contributed by atoms with E-state index in [1.807, 2.05) is 0 Å². The summed E-state index contributed by atoms with van der Waals surface area (Å²) in [5, 5.41) is 8.76. The van der Waals surface area contributed by atoms with Crippen LogP contribution in [0.1, 0.15) is 5.69 Å². The Balaban J connectivity index is 2.55. The smallest absolute Gasteiger partial charge is 0.143 e. The molecule has 0 fully saturated rings. The van der Waals surface area contributed by atoms with Gasteiger partial charge >= 0.3 is 0 Å². The van der Waals surface area contributed by atoms with E-state index in [4.69, 9.17) is 5.11 Å². The Labute approximate surface area is 88.6 Å². The van der Waals surface area contributed by atoms with E-state index < -0.39 is 23.0 Å². The van der Waals surface area contributed by atoms with Crippen LogP contribution in [0.25, 0.3) is 11.4 Å². The van der Waals surface area contributed by atoms with Crippen LogP contribution >= 0.6 is 0 Å². The van der Waals surface area contributed by atoms with Gasteiger partial charge in [0, 0.05) is 12.1 Å².